The molecule has 196 valence electrons. The molecule has 1 saturated heterocycles. The van der Waals surface area contributed by atoms with Gasteiger partial charge in [-0.15, -0.1) is 0 Å². The first-order valence-corrected chi connectivity index (χ1v) is 13.7. The number of pyridine rings is 1. The van der Waals surface area contributed by atoms with Gasteiger partial charge >= 0.3 is 0 Å². The van der Waals surface area contributed by atoms with E-state index in [1.807, 2.05) is 51.1 Å². The maximum Gasteiger partial charge on any atom is 0.254 e. The summed E-state index contributed by atoms with van der Waals surface area (Å²) in [6.45, 7) is 5.89. The van der Waals surface area contributed by atoms with E-state index in [0.717, 1.165) is 22.2 Å². The fourth-order valence-corrected chi connectivity index (χ4v) is 6.38. The van der Waals surface area contributed by atoms with Crippen LogP contribution in [0.4, 0.5) is 0 Å². The number of ether oxygens (including phenoxy) is 1. The fourth-order valence-electron chi connectivity index (χ4n) is 4.62. The van der Waals surface area contributed by atoms with Crippen LogP contribution >= 0.6 is 0 Å². The number of nitrogens with one attached hydrogen (secondary N) is 1. The average Bonchev–Trinajstić information content (AvgIpc) is 2.83. The van der Waals surface area contributed by atoms with Crippen molar-refractivity contribution < 1.29 is 28.0 Å². The lowest BCUT2D eigenvalue weighted by molar-refractivity contribution is -0.157. The second kappa shape index (κ2) is 10.5. The quantitative estimate of drug-likeness (QED) is 0.324. The lowest BCUT2D eigenvalue weighted by Gasteiger charge is -2.48. The Morgan fingerprint density at radius 2 is 1.81 bits per heavy atom. The van der Waals surface area contributed by atoms with Crippen LogP contribution in [0.25, 0.3) is 10.9 Å². The number of fused-ring (bicyclic) bond motifs is 1. The van der Waals surface area contributed by atoms with Gasteiger partial charge in [0.05, 0.1) is 16.2 Å². The van der Waals surface area contributed by atoms with Gasteiger partial charge < -0.3 is 9.64 Å². The molecule has 2 N–H and O–H groups in total. The molecule has 1 aromatic heterocycles. The molecule has 3 aromatic rings. The van der Waals surface area contributed by atoms with Crippen LogP contribution < -0.4 is 10.2 Å². The average molecular weight is 526 g/mol. The van der Waals surface area contributed by atoms with Crippen molar-refractivity contribution in [1.82, 2.24) is 15.4 Å². The first kappa shape index (κ1) is 26.6. The van der Waals surface area contributed by atoms with Gasteiger partial charge in [-0.2, -0.15) is 0 Å². The first-order valence-electron chi connectivity index (χ1n) is 12.1. The number of likely N-dealkylation sites (tertiary alicyclic amines) is 1. The van der Waals surface area contributed by atoms with Crippen LogP contribution in [0.2, 0.25) is 0 Å². The molecule has 0 saturated carbocycles. The lowest BCUT2D eigenvalue weighted by atomic mass is 9.80. The highest BCUT2D eigenvalue weighted by atomic mass is 32.2. The Balaban J connectivity index is 1.45. The molecule has 2 heterocycles. The van der Waals surface area contributed by atoms with Crippen molar-refractivity contribution in [3.05, 3.63) is 65.9 Å². The Hall–Kier alpha value is -3.50. The third kappa shape index (κ3) is 5.75. The fraction of sp³-hybridized carbons (Fsp3) is 0.370. The van der Waals surface area contributed by atoms with Crippen molar-refractivity contribution in [3.63, 3.8) is 0 Å². The van der Waals surface area contributed by atoms with Crippen molar-refractivity contribution in [3.8, 4) is 5.75 Å². The van der Waals surface area contributed by atoms with Crippen molar-refractivity contribution >= 4 is 32.6 Å². The Kier molecular flexibility index (Phi) is 7.52. The number of carbonyl (C=O) groups is 2. The second-order valence-electron chi connectivity index (χ2n) is 10.0. The summed E-state index contributed by atoms with van der Waals surface area (Å²) in [6, 6.07) is 15.8. The van der Waals surface area contributed by atoms with E-state index in [9.17, 15) is 23.2 Å². The Bertz CT molecular complexity index is 1410. The van der Waals surface area contributed by atoms with Gasteiger partial charge in [-0.05, 0) is 49.2 Å². The zero-order chi connectivity index (χ0) is 26.8. The van der Waals surface area contributed by atoms with Gasteiger partial charge in [0, 0.05) is 36.2 Å². The molecule has 0 aliphatic carbocycles. The van der Waals surface area contributed by atoms with Gasteiger partial charge in [-0.1, -0.05) is 32.0 Å². The molecule has 0 spiro atoms. The van der Waals surface area contributed by atoms with Gasteiger partial charge in [0.1, 0.15) is 17.8 Å². The number of carbonyl (C=O) groups excluding carboxylic acids is 2. The Morgan fingerprint density at radius 3 is 2.46 bits per heavy atom. The number of hydrogen-bond acceptors (Lipinski definition) is 7. The predicted octanol–water partition coefficient (Wildman–Crippen LogP) is 3.28. The van der Waals surface area contributed by atoms with Crippen LogP contribution in [0, 0.1) is 18.3 Å². The van der Waals surface area contributed by atoms with Gasteiger partial charge in [-0.25, -0.2) is 13.9 Å². The number of benzene rings is 2. The molecule has 0 atom stereocenters. The molecule has 2 amide bonds. The summed E-state index contributed by atoms with van der Waals surface area (Å²) < 4.78 is 32.3. The minimum atomic E-state index is -3.90. The zero-order valence-electron chi connectivity index (χ0n) is 21.1. The summed E-state index contributed by atoms with van der Waals surface area (Å²) in [7, 11) is -3.90. The van der Waals surface area contributed by atoms with Crippen molar-refractivity contribution in [2.24, 2.45) is 11.3 Å². The van der Waals surface area contributed by atoms with E-state index in [0.29, 0.717) is 12.2 Å². The van der Waals surface area contributed by atoms with Crippen molar-refractivity contribution in [1.29, 1.82) is 0 Å². The largest absolute Gasteiger partial charge is 0.489 e. The third-order valence-corrected chi connectivity index (χ3v) is 8.40. The number of para-hydroxylation sites is 1. The maximum absolute atomic E-state index is 13.2. The van der Waals surface area contributed by atoms with Crippen LogP contribution in [0.5, 0.6) is 5.75 Å². The summed E-state index contributed by atoms with van der Waals surface area (Å²) in [5, 5.41) is 10.2. The highest BCUT2D eigenvalue weighted by Gasteiger charge is 2.53. The number of hydrogen-bond donors (Lipinski definition) is 2. The third-order valence-electron chi connectivity index (χ3n) is 6.48. The summed E-state index contributed by atoms with van der Waals surface area (Å²) in [4.78, 5) is 30.8. The number of amides is 2. The maximum atomic E-state index is 13.2. The smallest absolute Gasteiger partial charge is 0.254 e. The molecule has 9 nitrogen and oxygen atoms in total. The lowest BCUT2D eigenvalue weighted by Crippen LogP contribution is -2.67. The molecule has 4 rings (SSSR count). The summed E-state index contributed by atoms with van der Waals surface area (Å²) >= 11 is 0. The molecule has 1 aliphatic rings. The van der Waals surface area contributed by atoms with E-state index >= 15 is 0 Å². The van der Waals surface area contributed by atoms with Gasteiger partial charge in [-0.3, -0.25) is 19.8 Å². The number of rotatable bonds is 9. The zero-order valence-corrected chi connectivity index (χ0v) is 21.9. The Labute approximate surface area is 216 Å². The molecule has 1 fully saturated rings. The number of aryl methyl sites for hydroxylation is 1. The molecule has 0 unspecified atom stereocenters. The second-order valence-corrected chi connectivity index (χ2v) is 12.0. The minimum Gasteiger partial charge on any atom is -0.489 e. The van der Waals surface area contributed by atoms with E-state index in [1.54, 1.807) is 17.6 Å². The minimum absolute atomic E-state index is 0.0297. The molecule has 37 heavy (non-hydrogen) atoms. The first-order chi connectivity index (χ1) is 17.5. The van der Waals surface area contributed by atoms with Crippen LogP contribution in [0.15, 0.2) is 59.5 Å². The van der Waals surface area contributed by atoms with Crippen LogP contribution in [0.3, 0.4) is 0 Å². The van der Waals surface area contributed by atoms with Gasteiger partial charge in [0.2, 0.25) is 5.91 Å². The molecule has 0 radical (unpaired) electrons. The van der Waals surface area contributed by atoms with E-state index in [1.165, 1.54) is 17.0 Å². The highest BCUT2D eigenvalue weighted by molar-refractivity contribution is 7.91. The van der Waals surface area contributed by atoms with Crippen LogP contribution in [0.1, 0.15) is 31.5 Å². The number of nitrogens with zero attached hydrogens (tertiary/aromatic N) is 2. The SMILES string of the molecule is Cc1cc(COc2ccc(S(=O)(=O)CC3(C(=O)NO)CN(C(=O)CC(C)C)C3)cc2)c2ccccc2n1. The topological polar surface area (TPSA) is 126 Å². The van der Waals surface area contributed by atoms with Crippen LogP contribution in [-0.2, 0) is 26.0 Å². The Morgan fingerprint density at radius 1 is 1.14 bits per heavy atom. The monoisotopic (exact) mass is 525 g/mol. The van der Waals surface area contributed by atoms with E-state index < -0.39 is 26.9 Å². The standard InChI is InChI=1S/C27H31N3O6S/c1-18(2)12-25(31)30-15-27(16-30,26(32)29-33)17-37(34,35)22-10-8-21(9-11-22)36-14-20-13-19(3)28-24-7-5-4-6-23(20)24/h4-11,13,18,33H,12,14-17H2,1-3H3,(H,29,32). The number of hydroxylamine groups is 1. The van der Waals surface area contributed by atoms with E-state index in [4.69, 9.17) is 4.74 Å². The molecule has 2 aromatic carbocycles. The normalized spacial score (nSPS) is 14.9. The molecule has 10 heteroatoms. The van der Waals surface area contributed by atoms with Crippen LogP contribution in [-0.4, -0.2) is 54.2 Å². The molecule has 1 aliphatic heterocycles. The molecular weight excluding hydrogens is 494 g/mol. The van der Waals surface area contributed by atoms with Crippen molar-refractivity contribution in [2.45, 2.75) is 38.7 Å². The molecule has 0 bridgehead atoms. The van der Waals surface area contributed by atoms with Crippen molar-refractivity contribution in [2.75, 3.05) is 18.8 Å². The van der Waals surface area contributed by atoms with E-state index in [-0.39, 0.29) is 36.4 Å². The predicted molar refractivity (Wildman–Crippen MR) is 138 cm³/mol. The van der Waals surface area contributed by atoms with E-state index in [2.05, 4.69) is 4.98 Å². The van der Waals surface area contributed by atoms with Gasteiger partial charge in [0.15, 0.2) is 9.84 Å². The highest BCUT2D eigenvalue weighted by Crippen LogP contribution is 2.35. The number of sulfone groups is 1. The van der Waals surface area contributed by atoms with Gasteiger partial charge in [0.25, 0.3) is 5.91 Å². The molecular formula is C27H31N3O6S. The number of aromatic nitrogens is 1. The summed E-state index contributed by atoms with van der Waals surface area (Å²) in [6.07, 6.45) is 0.305. The summed E-state index contributed by atoms with van der Waals surface area (Å²) in [5.74, 6) is -0.855. The summed E-state index contributed by atoms with van der Waals surface area (Å²) in [5.41, 5.74) is 2.89.